The Morgan fingerprint density at radius 2 is 1.67 bits per heavy atom. The molecule has 0 amide bonds. The molecule has 1 aliphatic carbocycles. The fourth-order valence-corrected chi connectivity index (χ4v) is 3.33. The van der Waals surface area contributed by atoms with Crippen molar-refractivity contribution in [1.29, 1.82) is 0 Å². The summed E-state index contributed by atoms with van der Waals surface area (Å²) in [5.41, 5.74) is 1.88. The number of aliphatic carboxylic acids is 1. The van der Waals surface area contributed by atoms with E-state index in [4.69, 9.17) is 5.11 Å². The SMILES string of the molecule is Cc1ccc(C(=O)C2CCC(C(=O)O)C2)c2ccccc12. The minimum atomic E-state index is -0.779. The number of carboxylic acids is 1. The van der Waals surface area contributed by atoms with Gasteiger partial charge < -0.3 is 5.11 Å². The van der Waals surface area contributed by atoms with Crippen molar-refractivity contribution in [2.45, 2.75) is 26.2 Å². The summed E-state index contributed by atoms with van der Waals surface area (Å²) in [6.07, 6.45) is 1.75. The molecule has 3 heteroatoms. The van der Waals surface area contributed by atoms with E-state index < -0.39 is 5.97 Å². The van der Waals surface area contributed by atoms with E-state index in [1.807, 2.05) is 43.3 Å². The molecule has 0 heterocycles. The fourth-order valence-electron chi connectivity index (χ4n) is 3.33. The molecule has 0 saturated heterocycles. The number of benzene rings is 2. The van der Waals surface area contributed by atoms with E-state index in [9.17, 15) is 9.59 Å². The number of rotatable bonds is 3. The van der Waals surface area contributed by atoms with Crippen molar-refractivity contribution in [3.05, 3.63) is 47.5 Å². The molecular weight excluding hydrogens is 264 g/mol. The Kier molecular flexibility index (Phi) is 3.50. The number of carbonyl (C=O) groups is 2. The Hall–Kier alpha value is -2.16. The largest absolute Gasteiger partial charge is 0.481 e. The number of carboxylic acid groups (broad SMARTS) is 1. The predicted octanol–water partition coefficient (Wildman–Crippen LogP) is 3.83. The van der Waals surface area contributed by atoms with Gasteiger partial charge in [-0.3, -0.25) is 9.59 Å². The standard InChI is InChI=1S/C18H18O3/c1-11-6-9-16(15-5-3-2-4-14(11)15)17(19)12-7-8-13(10-12)18(20)21/h2-6,9,12-13H,7-8,10H2,1H3,(H,20,21). The minimum absolute atomic E-state index is 0.0925. The lowest BCUT2D eigenvalue weighted by atomic mass is 9.90. The Bertz CT molecular complexity index is 717. The van der Waals surface area contributed by atoms with Crippen molar-refractivity contribution >= 4 is 22.5 Å². The maximum Gasteiger partial charge on any atom is 0.306 e. The Balaban J connectivity index is 1.96. The van der Waals surface area contributed by atoms with Crippen molar-refractivity contribution in [3.63, 3.8) is 0 Å². The predicted molar refractivity (Wildman–Crippen MR) is 81.5 cm³/mol. The number of ketones is 1. The van der Waals surface area contributed by atoms with Gasteiger partial charge in [-0.15, -0.1) is 0 Å². The zero-order chi connectivity index (χ0) is 15.0. The first-order chi connectivity index (χ1) is 10.1. The van der Waals surface area contributed by atoms with E-state index >= 15 is 0 Å². The number of hydrogen-bond donors (Lipinski definition) is 1. The molecule has 0 spiro atoms. The van der Waals surface area contributed by atoms with Crippen LogP contribution in [0.1, 0.15) is 35.2 Å². The van der Waals surface area contributed by atoms with Gasteiger partial charge in [0, 0.05) is 11.5 Å². The first kappa shape index (κ1) is 13.8. The van der Waals surface area contributed by atoms with E-state index in [1.165, 1.54) is 0 Å². The average molecular weight is 282 g/mol. The van der Waals surface area contributed by atoms with Gasteiger partial charge in [0.1, 0.15) is 0 Å². The molecule has 1 N–H and O–H groups in total. The highest BCUT2D eigenvalue weighted by Crippen LogP contribution is 2.35. The lowest BCUT2D eigenvalue weighted by Gasteiger charge is -2.12. The molecule has 3 rings (SSSR count). The molecule has 108 valence electrons. The Morgan fingerprint density at radius 3 is 2.33 bits per heavy atom. The second-order valence-corrected chi connectivity index (χ2v) is 5.88. The molecule has 0 bridgehead atoms. The summed E-state index contributed by atoms with van der Waals surface area (Å²) >= 11 is 0. The van der Waals surface area contributed by atoms with Crippen LogP contribution in [0, 0.1) is 18.8 Å². The fraction of sp³-hybridized carbons (Fsp3) is 0.333. The van der Waals surface area contributed by atoms with Crippen molar-refractivity contribution in [2.24, 2.45) is 11.8 Å². The van der Waals surface area contributed by atoms with Crippen molar-refractivity contribution in [1.82, 2.24) is 0 Å². The summed E-state index contributed by atoms with van der Waals surface area (Å²) in [6.45, 7) is 2.03. The Labute approximate surface area is 123 Å². The molecular formula is C18H18O3. The van der Waals surface area contributed by atoms with Gasteiger partial charge in [0.15, 0.2) is 5.78 Å². The molecule has 3 nitrogen and oxygen atoms in total. The maximum atomic E-state index is 12.7. The first-order valence-corrected chi connectivity index (χ1v) is 7.33. The highest BCUT2D eigenvalue weighted by Gasteiger charge is 2.34. The summed E-state index contributed by atoms with van der Waals surface area (Å²) in [5.74, 6) is -1.21. The smallest absolute Gasteiger partial charge is 0.306 e. The highest BCUT2D eigenvalue weighted by atomic mass is 16.4. The van der Waals surface area contributed by atoms with Crippen LogP contribution in [-0.4, -0.2) is 16.9 Å². The lowest BCUT2D eigenvalue weighted by Crippen LogP contribution is -2.15. The molecule has 2 unspecified atom stereocenters. The lowest BCUT2D eigenvalue weighted by molar-refractivity contribution is -0.141. The van der Waals surface area contributed by atoms with Crippen LogP contribution in [0.2, 0.25) is 0 Å². The van der Waals surface area contributed by atoms with Crippen LogP contribution in [0.25, 0.3) is 10.8 Å². The molecule has 0 aromatic heterocycles. The third-order valence-corrected chi connectivity index (χ3v) is 4.56. The van der Waals surface area contributed by atoms with Gasteiger partial charge >= 0.3 is 5.97 Å². The van der Waals surface area contributed by atoms with Crippen LogP contribution in [0.4, 0.5) is 0 Å². The number of aryl methyl sites for hydroxylation is 1. The highest BCUT2D eigenvalue weighted by molar-refractivity contribution is 6.10. The number of Topliss-reactive ketones (excluding diaryl/α,β-unsaturated/α-hetero) is 1. The quantitative estimate of drug-likeness (QED) is 0.870. The zero-order valence-corrected chi connectivity index (χ0v) is 12.0. The van der Waals surface area contributed by atoms with E-state index in [0.717, 1.165) is 21.9 Å². The number of hydrogen-bond acceptors (Lipinski definition) is 2. The van der Waals surface area contributed by atoms with E-state index in [2.05, 4.69) is 0 Å². The summed E-state index contributed by atoms with van der Waals surface area (Å²) in [7, 11) is 0. The summed E-state index contributed by atoms with van der Waals surface area (Å²) in [4.78, 5) is 23.8. The molecule has 21 heavy (non-hydrogen) atoms. The molecule has 0 aliphatic heterocycles. The van der Waals surface area contributed by atoms with Crippen LogP contribution in [0.15, 0.2) is 36.4 Å². The second kappa shape index (κ2) is 5.32. The number of carbonyl (C=O) groups excluding carboxylic acids is 1. The van der Waals surface area contributed by atoms with Gasteiger partial charge in [-0.1, -0.05) is 36.4 Å². The molecule has 2 aromatic rings. The van der Waals surface area contributed by atoms with Gasteiger partial charge in [-0.25, -0.2) is 0 Å². The van der Waals surface area contributed by atoms with Crippen molar-refractivity contribution in [2.75, 3.05) is 0 Å². The molecule has 1 aliphatic rings. The zero-order valence-electron chi connectivity index (χ0n) is 12.0. The monoisotopic (exact) mass is 282 g/mol. The Morgan fingerprint density at radius 1 is 1.00 bits per heavy atom. The normalized spacial score (nSPS) is 21.6. The minimum Gasteiger partial charge on any atom is -0.481 e. The topological polar surface area (TPSA) is 54.4 Å². The summed E-state index contributed by atoms with van der Waals surface area (Å²) in [6, 6.07) is 11.8. The van der Waals surface area contributed by atoms with Crippen molar-refractivity contribution < 1.29 is 14.7 Å². The summed E-state index contributed by atoms with van der Waals surface area (Å²) in [5, 5.41) is 11.1. The van der Waals surface area contributed by atoms with Gasteiger partial charge in [0.25, 0.3) is 0 Å². The second-order valence-electron chi connectivity index (χ2n) is 5.88. The van der Waals surface area contributed by atoms with E-state index in [1.54, 1.807) is 0 Å². The van der Waals surface area contributed by atoms with Crippen LogP contribution < -0.4 is 0 Å². The average Bonchev–Trinajstić information content (AvgIpc) is 2.97. The van der Waals surface area contributed by atoms with E-state index in [0.29, 0.717) is 19.3 Å². The van der Waals surface area contributed by atoms with Gasteiger partial charge in [-0.2, -0.15) is 0 Å². The molecule has 0 radical (unpaired) electrons. The number of fused-ring (bicyclic) bond motifs is 1. The molecule has 2 atom stereocenters. The molecule has 1 fully saturated rings. The third kappa shape index (κ3) is 2.44. The third-order valence-electron chi connectivity index (χ3n) is 4.56. The van der Waals surface area contributed by atoms with Crippen LogP contribution in [0.3, 0.4) is 0 Å². The molecule has 1 saturated carbocycles. The van der Waals surface area contributed by atoms with Gasteiger partial charge in [-0.05, 0) is 42.5 Å². The van der Waals surface area contributed by atoms with Gasteiger partial charge in [0.2, 0.25) is 0 Å². The van der Waals surface area contributed by atoms with Gasteiger partial charge in [0.05, 0.1) is 5.92 Å². The van der Waals surface area contributed by atoms with E-state index in [-0.39, 0.29) is 17.6 Å². The van der Waals surface area contributed by atoms with Crippen LogP contribution in [-0.2, 0) is 4.79 Å². The van der Waals surface area contributed by atoms with Crippen LogP contribution in [0.5, 0.6) is 0 Å². The van der Waals surface area contributed by atoms with Crippen molar-refractivity contribution in [3.8, 4) is 0 Å². The summed E-state index contributed by atoms with van der Waals surface area (Å²) < 4.78 is 0. The first-order valence-electron chi connectivity index (χ1n) is 7.33. The van der Waals surface area contributed by atoms with Crippen LogP contribution >= 0.6 is 0 Å². The maximum absolute atomic E-state index is 12.7. The molecule has 2 aromatic carbocycles.